The van der Waals surface area contributed by atoms with Crippen molar-refractivity contribution in [2.75, 3.05) is 11.5 Å². The molecular formula is C26H30N6O8S4. The van der Waals surface area contributed by atoms with Gasteiger partial charge in [-0.05, 0) is 26.0 Å². The third kappa shape index (κ3) is 6.62. The summed E-state index contributed by atoms with van der Waals surface area (Å²) >= 11 is 1.82. The van der Waals surface area contributed by atoms with Crippen LogP contribution in [-0.4, -0.2) is 82.1 Å². The second-order valence-electron chi connectivity index (χ2n) is 10.5. The van der Waals surface area contributed by atoms with Crippen LogP contribution < -0.4 is 10.6 Å². The lowest BCUT2D eigenvalue weighted by atomic mass is 10.1. The van der Waals surface area contributed by atoms with E-state index in [1.165, 1.54) is 77.9 Å². The molecule has 2 aliphatic rings. The maximum absolute atomic E-state index is 13.9. The van der Waals surface area contributed by atoms with Crippen molar-refractivity contribution in [3.63, 3.8) is 0 Å². The molecule has 2 aliphatic heterocycles. The summed E-state index contributed by atoms with van der Waals surface area (Å²) in [6.07, 6.45) is 0. The molecule has 4 amide bonds. The number of nitrogens with zero attached hydrogens (tertiary/aromatic N) is 4. The van der Waals surface area contributed by atoms with Gasteiger partial charge in [-0.2, -0.15) is 0 Å². The largest absolute Gasteiger partial charge is 0.304 e. The highest BCUT2D eigenvalue weighted by molar-refractivity contribution is 8.16. The number of sulfone groups is 2. The number of carbonyl (C=O) groups excluding carboxylic acids is 4. The lowest BCUT2D eigenvalue weighted by molar-refractivity contribution is -0.131. The zero-order chi connectivity index (χ0) is 32.8. The van der Waals surface area contributed by atoms with Crippen LogP contribution in [-0.2, 0) is 38.9 Å². The number of carbonyl (C=O) groups is 4. The molecule has 2 atom stereocenters. The summed E-state index contributed by atoms with van der Waals surface area (Å²) in [6.45, 7) is 7.98. The standard InChI is InChI=1S/C26H30N6O8S4/c1-15(33)27-23-29-31(17(3)35)25(5,41-23)13-43(37,38)21-11-7-10-20-19(21)9-8-12-22(20)44(39,40)14-26(6)32(18(4)36)30-24(42-26)28-16(2)34/h7-12H,13-14H2,1-6H3,(H,27,29,33)(H,28,30,34). The number of thioether (sulfide) groups is 2. The minimum atomic E-state index is -4.19. The highest BCUT2D eigenvalue weighted by Gasteiger charge is 2.48. The summed E-state index contributed by atoms with van der Waals surface area (Å²) in [5.74, 6) is -3.15. The molecule has 0 fully saturated rings. The van der Waals surface area contributed by atoms with E-state index in [2.05, 4.69) is 20.8 Å². The van der Waals surface area contributed by atoms with Gasteiger partial charge >= 0.3 is 0 Å². The van der Waals surface area contributed by atoms with E-state index in [9.17, 15) is 36.0 Å². The molecule has 236 valence electrons. The van der Waals surface area contributed by atoms with Crippen molar-refractivity contribution >= 4 is 87.9 Å². The van der Waals surface area contributed by atoms with Crippen molar-refractivity contribution < 1.29 is 36.0 Å². The predicted molar refractivity (Wildman–Crippen MR) is 168 cm³/mol. The van der Waals surface area contributed by atoms with Crippen LogP contribution in [0.3, 0.4) is 0 Å². The molecule has 0 saturated heterocycles. The number of hydrazone groups is 2. The monoisotopic (exact) mass is 682 g/mol. The summed E-state index contributed by atoms with van der Waals surface area (Å²) in [4.78, 5) is 44.7. The summed E-state index contributed by atoms with van der Waals surface area (Å²) in [5, 5.41) is 15.6. The number of amidine groups is 2. The van der Waals surface area contributed by atoms with E-state index >= 15 is 0 Å². The Hall–Kier alpha value is -3.48. The Bertz CT molecular complexity index is 1740. The van der Waals surface area contributed by atoms with E-state index in [1.54, 1.807) is 0 Å². The zero-order valence-corrected chi connectivity index (χ0v) is 27.8. The third-order valence-electron chi connectivity index (χ3n) is 6.50. The number of fused-ring (bicyclic) bond motifs is 1. The van der Waals surface area contributed by atoms with Gasteiger partial charge in [0.25, 0.3) is 0 Å². The van der Waals surface area contributed by atoms with E-state index < -0.39 is 64.6 Å². The van der Waals surface area contributed by atoms with Gasteiger partial charge in [0.15, 0.2) is 30.0 Å². The summed E-state index contributed by atoms with van der Waals surface area (Å²) in [5.41, 5.74) is 0. The van der Waals surface area contributed by atoms with Crippen molar-refractivity contribution in [1.29, 1.82) is 0 Å². The number of hydrogen-bond acceptors (Lipinski definition) is 12. The van der Waals surface area contributed by atoms with E-state index in [4.69, 9.17) is 0 Å². The Kier molecular flexibility index (Phi) is 8.95. The molecule has 0 radical (unpaired) electrons. The first-order valence-electron chi connectivity index (χ1n) is 13.0. The average molecular weight is 683 g/mol. The maximum atomic E-state index is 13.9. The van der Waals surface area contributed by atoms with Gasteiger partial charge in [0.2, 0.25) is 23.6 Å². The molecule has 0 bridgehead atoms. The number of amides is 4. The van der Waals surface area contributed by atoms with Gasteiger partial charge in [-0.15, -0.1) is 10.2 Å². The Morgan fingerprint density at radius 1 is 0.682 bits per heavy atom. The van der Waals surface area contributed by atoms with Crippen LogP contribution in [0.5, 0.6) is 0 Å². The average Bonchev–Trinajstić information content (AvgIpc) is 3.36. The topological polar surface area (TPSA) is 192 Å². The number of nitrogens with one attached hydrogen (secondary N) is 2. The molecule has 2 heterocycles. The van der Waals surface area contributed by atoms with Gasteiger partial charge < -0.3 is 10.6 Å². The van der Waals surface area contributed by atoms with Crippen molar-refractivity contribution in [3.8, 4) is 0 Å². The minimum Gasteiger partial charge on any atom is -0.304 e. The summed E-state index contributed by atoms with van der Waals surface area (Å²) in [7, 11) is -8.39. The smallest absolute Gasteiger partial charge is 0.240 e. The first kappa shape index (κ1) is 33.4. The first-order valence-corrected chi connectivity index (χ1v) is 17.9. The molecule has 0 aromatic heterocycles. The minimum absolute atomic E-state index is 0.0696. The molecule has 0 spiro atoms. The second kappa shape index (κ2) is 11.8. The fourth-order valence-electron chi connectivity index (χ4n) is 4.98. The Morgan fingerprint density at radius 2 is 1.02 bits per heavy atom. The van der Waals surface area contributed by atoms with Crippen molar-refractivity contribution in [3.05, 3.63) is 36.4 Å². The van der Waals surface area contributed by atoms with Gasteiger partial charge in [0.1, 0.15) is 9.74 Å². The van der Waals surface area contributed by atoms with Crippen LogP contribution in [0.4, 0.5) is 0 Å². The number of rotatable bonds is 6. The molecule has 2 aromatic carbocycles. The van der Waals surface area contributed by atoms with Gasteiger partial charge in [0, 0.05) is 38.5 Å². The van der Waals surface area contributed by atoms with Crippen LogP contribution in [0.1, 0.15) is 41.5 Å². The van der Waals surface area contributed by atoms with Crippen molar-refractivity contribution in [2.24, 2.45) is 10.2 Å². The van der Waals surface area contributed by atoms with Crippen molar-refractivity contribution in [2.45, 2.75) is 61.1 Å². The van der Waals surface area contributed by atoms with Crippen LogP contribution in [0, 0.1) is 0 Å². The molecule has 44 heavy (non-hydrogen) atoms. The van der Waals surface area contributed by atoms with Gasteiger partial charge in [0.05, 0.1) is 21.3 Å². The molecule has 18 heteroatoms. The summed E-state index contributed by atoms with van der Waals surface area (Å²) < 4.78 is 55.6. The van der Waals surface area contributed by atoms with Crippen LogP contribution in [0.2, 0.25) is 0 Å². The zero-order valence-electron chi connectivity index (χ0n) is 24.6. The fraction of sp³-hybridized carbons (Fsp3) is 0.385. The molecule has 2 aromatic rings. The maximum Gasteiger partial charge on any atom is 0.240 e. The highest BCUT2D eigenvalue weighted by atomic mass is 32.2. The SMILES string of the molecule is CC(=O)NC1=NN(C(C)=O)C(C)(CS(=O)(=O)c2cccc3c(S(=O)(=O)CC4(C)SC(NC(C)=O)=NN4C(C)=O)cccc23)S1. The summed E-state index contributed by atoms with van der Waals surface area (Å²) in [6, 6.07) is 8.52. The Balaban J connectivity index is 1.72. The Morgan fingerprint density at radius 3 is 1.32 bits per heavy atom. The van der Waals surface area contributed by atoms with Crippen LogP contribution in [0.15, 0.2) is 56.4 Å². The van der Waals surface area contributed by atoms with Crippen LogP contribution in [0.25, 0.3) is 10.8 Å². The highest BCUT2D eigenvalue weighted by Crippen LogP contribution is 2.42. The lowest BCUT2D eigenvalue weighted by Gasteiger charge is -2.30. The predicted octanol–water partition coefficient (Wildman–Crippen LogP) is 1.82. The van der Waals surface area contributed by atoms with E-state index in [0.717, 1.165) is 33.5 Å². The molecule has 0 saturated carbocycles. The van der Waals surface area contributed by atoms with Gasteiger partial charge in [-0.3, -0.25) is 19.2 Å². The second-order valence-corrected chi connectivity index (χ2v) is 17.4. The van der Waals surface area contributed by atoms with Gasteiger partial charge in [-0.1, -0.05) is 47.8 Å². The van der Waals surface area contributed by atoms with E-state index in [-0.39, 0.29) is 30.9 Å². The molecule has 0 aliphatic carbocycles. The lowest BCUT2D eigenvalue weighted by Crippen LogP contribution is -2.45. The van der Waals surface area contributed by atoms with E-state index in [1.807, 2.05) is 0 Å². The number of hydrogen-bond donors (Lipinski definition) is 2. The van der Waals surface area contributed by atoms with Gasteiger partial charge in [-0.25, -0.2) is 26.9 Å². The first-order chi connectivity index (χ1) is 20.3. The van der Waals surface area contributed by atoms with Crippen molar-refractivity contribution in [1.82, 2.24) is 20.7 Å². The molecular weight excluding hydrogens is 653 g/mol. The van der Waals surface area contributed by atoms with Crippen LogP contribution >= 0.6 is 23.5 Å². The quantitative estimate of drug-likeness (QED) is 0.454. The fourth-order valence-corrected chi connectivity index (χ4v) is 11.9. The number of benzene rings is 2. The Labute approximate surface area is 262 Å². The molecule has 14 nitrogen and oxygen atoms in total. The normalized spacial score (nSPS) is 22.0. The third-order valence-corrected chi connectivity index (χ3v) is 13.1. The van der Waals surface area contributed by atoms with E-state index in [0.29, 0.717) is 0 Å². The molecule has 2 N–H and O–H groups in total. The molecule has 4 rings (SSSR count). The molecule has 2 unspecified atom stereocenters.